The highest BCUT2D eigenvalue weighted by Gasteiger charge is 2.17. The minimum atomic E-state index is 0.612. The predicted octanol–water partition coefficient (Wildman–Crippen LogP) is 2.22. The molecule has 0 saturated carbocycles. The maximum atomic E-state index is 5.10. The van der Waals surface area contributed by atoms with Gasteiger partial charge >= 0.3 is 0 Å². The van der Waals surface area contributed by atoms with Gasteiger partial charge in [0.2, 0.25) is 0 Å². The third kappa shape index (κ3) is 1.63. The number of aromatic amines is 1. The summed E-state index contributed by atoms with van der Waals surface area (Å²) in [7, 11) is 1.89. The highest BCUT2D eigenvalue weighted by atomic mass is 32.1. The Kier molecular flexibility index (Phi) is 2.78. The third-order valence-corrected chi connectivity index (χ3v) is 3.01. The van der Waals surface area contributed by atoms with Crippen LogP contribution in [0.5, 0.6) is 0 Å². The molecule has 1 aliphatic heterocycles. The van der Waals surface area contributed by atoms with Gasteiger partial charge in [0.15, 0.2) is 10.6 Å². The lowest BCUT2D eigenvalue weighted by molar-refractivity contribution is 0.508. The van der Waals surface area contributed by atoms with Crippen molar-refractivity contribution in [3.8, 4) is 0 Å². The maximum Gasteiger partial charge on any atom is 0.195 e. The van der Waals surface area contributed by atoms with Crippen molar-refractivity contribution in [3.05, 3.63) is 41.2 Å². The highest BCUT2D eigenvalue weighted by molar-refractivity contribution is 7.71. The van der Waals surface area contributed by atoms with E-state index < -0.39 is 0 Å². The van der Waals surface area contributed by atoms with Crippen molar-refractivity contribution < 1.29 is 0 Å². The molecule has 16 heavy (non-hydrogen) atoms. The van der Waals surface area contributed by atoms with E-state index in [1.54, 1.807) is 0 Å². The summed E-state index contributed by atoms with van der Waals surface area (Å²) in [4.78, 5) is 2.08. The van der Waals surface area contributed by atoms with E-state index in [4.69, 9.17) is 12.2 Å². The number of allylic oxidation sites excluding steroid dienone is 3. The molecule has 0 bridgehead atoms. The van der Waals surface area contributed by atoms with Crippen LogP contribution in [0.15, 0.2) is 30.6 Å². The van der Waals surface area contributed by atoms with Crippen LogP contribution in [0, 0.1) is 4.77 Å². The quantitative estimate of drug-likeness (QED) is 0.797. The molecular weight excluding hydrogens is 220 g/mol. The number of hydrogen-bond donors (Lipinski definition) is 1. The van der Waals surface area contributed by atoms with Crippen LogP contribution in [0.4, 0.5) is 0 Å². The molecule has 4 nitrogen and oxygen atoms in total. The molecule has 0 aromatic carbocycles. The van der Waals surface area contributed by atoms with Crippen molar-refractivity contribution >= 4 is 17.8 Å². The summed E-state index contributed by atoms with van der Waals surface area (Å²) in [6, 6.07) is 0. The highest BCUT2D eigenvalue weighted by Crippen LogP contribution is 2.26. The molecule has 0 amide bonds. The van der Waals surface area contributed by atoms with Crippen LogP contribution in [0.1, 0.15) is 12.7 Å². The summed E-state index contributed by atoms with van der Waals surface area (Å²) in [5.41, 5.74) is 1.95. The van der Waals surface area contributed by atoms with Gasteiger partial charge in [-0.05, 0) is 31.3 Å². The third-order valence-electron chi connectivity index (χ3n) is 2.65. The lowest BCUT2D eigenvalue weighted by Gasteiger charge is -2.25. The van der Waals surface area contributed by atoms with Crippen molar-refractivity contribution in [2.24, 2.45) is 7.05 Å². The number of rotatable bonds is 2. The van der Waals surface area contributed by atoms with Crippen LogP contribution in [-0.2, 0) is 7.05 Å². The van der Waals surface area contributed by atoms with Crippen molar-refractivity contribution in [1.82, 2.24) is 19.7 Å². The van der Waals surface area contributed by atoms with Gasteiger partial charge in [0, 0.05) is 31.1 Å². The van der Waals surface area contributed by atoms with Gasteiger partial charge in [0.05, 0.1) is 0 Å². The first-order valence-corrected chi connectivity index (χ1v) is 5.52. The Bertz CT molecular complexity index is 532. The second-order valence-electron chi connectivity index (χ2n) is 3.57. The standard InChI is InChI=1S/C11H14N4S/c1-4-15-7-5-6-9(8(15)2)10-12-13-11(16)14(10)3/h5-7H,2,4H2,1,3H3,(H,13,16). The molecule has 1 aromatic rings. The Morgan fingerprint density at radius 2 is 2.31 bits per heavy atom. The molecule has 0 radical (unpaired) electrons. The summed E-state index contributed by atoms with van der Waals surface area (Å²) in [5.74, 6) is 0.817. The Hall–Kier alpha value is -1.62. The zero-order valence-electron chi connectivity index (χ0n) is 9.40. The zero-order chi connectivity index (χ0) is 11.7. The average molecular weight is 234 g/mol. The molecule has 0 aliphatic carbocycles. The molecule has 0 fully saturated rings. The Morgan fingerprint density at radius 1 is 1.56 bits per heavy atom. The van der Waals surface area contributed by atoms with Gasteiger partial charge < -0.3 is 9.47 Å². The van der Waals surface area contributed by atoms with E-state index in [2.05, 4.69) is 28.6 Å². The number of nitrogens with one attached hydrogen (secondary N) is 1. The van der Waals surface area contributed by atoms with E-state index in [0.29, 0.717) is 4.77 Å². The topological polar surface area (TPSA) is 36.9 Å². The molecule has 0 atom stereocenters. The zero-order valence-corrected chi connectivity index (χ0v) is 10.2. The summed E-state index contributed by atoms with van der Waals surface area (Å²) in [5, 5.41) is 6.99. The van der Waals surface area contributed by atoms with Gasteiger partial charge in [-0.1, -0.05) is 6.58 Å². The van der Waals surface area contributed by atoms with Crippen LogP contribution >= 0.6 is 12.2 Å². The number of H-pyrrole nitrogens is 1. The van der Waals surface area contributed by atoms with E-state index in [1.165, 1.54) is 0 Å². The molecule has 0 unspecified atom stereocenters. The lowest BCUT2D eigenvalue weighted by Crippen LogP contribution is -2.19. The largest absolute Gasteiger partial charge is 0.348 e. The maximum absolute atomic E-state index is 5.10. The number of nitrogens with zero attached hydrogens (tertiary/aromatic N) is 3. The van der Waals surface area contributed by atoms with Gasteiger partial charge in [-0.25, -0.2) is 0 Å². The van der Waals surface area contributed by atoms with Crippen molar-refractivity contribution in [1.29, 1.82) is 0 Å². The minimum absolute atomic E-state index is 0.612. The summed E-state index contributed by atoms with van der Waals surface area (Å²) >= 11 is 5.10. The molecule has 1 N–H and O–H groups in total. The van der Waals surface area contributed by atoms with Gasteiger partial charge in [-0.15, -0.1) is 0 Å². The van der Waals surface area contributed by atoms with Crippen molar-refractivity contribution in [2.45, 2.75) is 6.92 Å². The first-order valence-electron chi connectivity index (χ1n) is 5.11. The van der Waals surface area contributed by atoms with Crippen LogP contribution in [0.2, 0.25) is 0 Å². The average Bonchev–Trinajstić information content (AvgIpc) is 2.61. The predicted molar refractivity (Wildman–Crippen MR) is 67.0 cm³/mol. The van der Waals surface area contributed by atoms with Gasteiger partial charge in [0.1, 0.15) is 0 Å². The normalized spacial score (nSPS) is 15.5. The van der Waals surface area contributed by atoms with Crippen LogP contribution in [0.3, 0.4) is 0 Å². The molecule has 2 heterocycles. The molecule has 1 aliphatic rings. The molecule has 0 spiro atoms. The Balaban J connectivity index is 2.46. The monoisotopic (exact) mass is 234 g/mol. The van der Waals surface area contributed by atoms with Crippen molar-refractivity contribution in [3.63, 3.8) is 0 Å². The lowest BCUT2D eigenvalue weighted by atomic mass is 10.1. The molecule has 2 rings (SSSR count). The first-order chi connectivity index (χ1) is 7.65. The van der Waals surface area contributed by atoms with Crippen LogP contribution < -0.4 is 0 Å². The molecule has 84 valence electrons. The molecule has 5 heteroatoms. The van der Waals surface area contributed by atoms with E-state index >= 15 is 0 Å². The fourth-order valence-corrected chi connectivity index (χ4v) is 1.80. The fraction of sp³-hybridized carbons (Fsp3) is 0.273. The summed E-state index contributed by atoms with van der Waals surface area (Å²) in [6.07, 6.45) is 6.00. The first kappa shape index (κ1) is 10.9. The van der Waals surface area contributed by atoms with Crippen LogP contribution in [0.25, 0.3) is 5.57 Å². The van der Waals surface area contributed by atoms with Crippen LogP contribution in [-0.4, -0.2) is 26.2 Å². The van der Waals surface area contributed by atoms with Gasteiger partial charge in [-0.3, -0.25) is 5.10 Å². The molecular formula is C11H14N4S. The Labute approximate surface area is 99.6 Å². The SMILES string of the molecule is C=C1C(c2n[nH]c(=S)n2C)=CC=CN1CC. The van der Waals surface area contributed by atoms with E-state index in [0.717, 1.165) is 23.6 Å². The summed E-state index contributed by atoms with van der Waals surface area (Å²) in [6.45, 7) is 7.06. The second-order valence-corrected chi connectivity index (χ2v) is 3.95. The number of hydrogen-bond acceptors (Lipinski definition) is 3. The van der Waals surface area contributed by atoms with Gasteiger partial charge in [0.25, 0.3) is 0 Å². The summed E-state index contributed by atoms with van der Waals surface area (Å²) < 4.78 is 2.46. The fourth-order valence-electron chi connectivity index (χ4n) is 1.67. The smallest absolute Gasteiger partial charge is 0.195 e. The van der Waals surface area contributed by atoms with Crippen molar-refractivity contribution in [2.75, 3.05) is 6.54 Å². The van der Waals surface area contributed by atoms with Gasteiger partial charge in [-0.2, -0.15) is 5.10 Å². The van der Waals surface area contributed by atoms with E-state index in [9.17, 15) is 0 Å². The molecule has 0 saturated heterocycles. The number of aromatic nitrogens is 3. The number of likely N-dealkylation sites (N-methyl/N-ethyl adjacent to an activating group) is 1. The van der Waals surface area contributed by atoms with E-state index in [-0.39, 0.29) is 0 Å². The Morgan fingerprint density at radius 3 is 2.88 bits per heavy atom. The van der Waals surface area contributed by atoms with E-state index in [1.807, 2.05) is 30.0 Å². The molecule has 1 aromatic heterocycles. The minimum Gasteiger partial charge on any atom is -0.348 e. The second kappa shape index (κ2) is 4.09.